The molecule has 120 valence electrons. The number of aromatic nitrogens is 1. The zero-order chi connectivity index (χ0) is 16.1. The Labute approximate surface area is 136 Å². The molecule has 0 fully saturated rings. The number of aryl methyl sites for hydroxylation is 1. The fourth-order valence-corrected chi connectivity index (χ4v) is 2.97. The Balaban J connectivity index is 1.58. The topological polar surface area (TPSA) is 63.2 Å². The number of hydrogen-bond donors (Lipinski definition) is 2. The summed E-state index contributed by atoms with van der Waals surface area (Å²) in [6, 6.07) is 11.9. The number of amides is 2. The number of urea groups is 1. The standard InChI is InChI=1S/C18H21N3O2/c1-23-17-11-13(9-10-19-17)12-20-18(22)21-16-8-4-6-14-5-2-3-7-15(14)16/h2-3,5,7,9-11,16H,4,6,8,12H2,1H3,(H2,20,21,22). The number of carbonyl (C=O) groups is 1. The number of hydrogen-bond acceptors (Lipinski definition) is 3. The molecule has 0 saturated heterocycles. The number of ether oxygens (including phenoxy) is 1. The number of nitrogens with zero attached hydrogens (tertiary/aromatic N) is 1. The van der Waals surface area contributed by atoms with Gasteiger partial charge in [0.05, 0.1) is 13.2 Å². The smallest absolute Gasteiger partial charge is 0.315 e. The molecule has 0 saturated carbocycles. The van der Waals surface area contributed by atoms with Crippen molar-refractivity contribution in [2.75, 3.05) is 7.11 Å². The summed E-state index contributed by atoms with van der Waals surface area (Å²) in [6.45, 7) is 0.444. The third-order valence-electron chi connectivity index (χ3n) is 4.14. The van der Waals surface area contributed by atoms with Crippen molar-refractivity contribution >= 4 is 6.03 Å². The minimum absolute atomic E-state index is 0.0897. The van der Waals surface area contributed by atoms with Gasteiger partial charge in [0.1, 0.15) is 0 Å². The van der Waals surface area contributed by atoms with E-state index in [9.17, 15) is 4.79 Å². The maximum Gasteiger partial charge on any atom is 0.315 e. The van der Waals surface area contributed by atoms with Gasteiger partial charge in [-0.15, -0.1) is 0 Å². The molecular formula is C18H21N3O2. The van der Waals surface area contributed by atoms with Gasteiger partial charge in [0, 0.05) is 18.8 Å². The third kappa shape index (κ3) is 3.80. The van der Waals surface area contributed by atoms with Crippen molar-refractivity contribution < 1.29 is 9.53 Å². The SMILES string of the molecule is COc1cc(CNC(=O)NC2CCCc3ccccc32)ccn1. The lowest BCUT2D eigenvalue weighted by Crippen LogP contribution is -2.38. The fourth-order valence-electron chi connectivity index (χ4n) is 2.97. The lowest BCUT2D eigenvalue weighted by atomic mass is 9.88. The summed E-state index contributed by atoms with van der Waals surface area (Å²) < 4.78 is 5.08. The van der Waals surface area contributed by atoms with E-state index in [-0.39, 0.29) is 12.1 Å². The van der Waals surface area contributed by atoms with Crippen molar-refractivity contribution in [3.63, 3.8) is 0 Å². The molecule has 23 heavy (non-hydrogen) atoms. The number of carbonyl (C=O) groups excluding carboxylic acids is 1. The van der Waals surface area contributed by atoms with Crippen molar-refractivity contribution in [3.8, 4) is 5.88 Å². The molecule has 1 aromatic carbocycles. The molecule has 0 aliphatic heterocycles. The number of nitrogens with one attached hydrogen (secondary N) is 2. The first kappa shape index (κ1) is 15.3. The average molecular weight is 311 g/mol. The second-order valence-corrected chi connectivity index (χ2v) is 5.68. The van der Waals surface area contributed by atoms with E-state index in [1.807, 2.05) is 18.2 Å². The Hall–Kier alpha value is -2.56. The molecule has 2 aromatic rings. The van der Waals surface area contributed by atoms with E-state index >= 15 is 0 Å². The molecule has 1 heterocycles. The van der Waals surface area contributed by atoms with Crippen LogP contribution >= 0.6 is 0 Å². The largest absolute Gasteiger partial charge is 0.481 e. The van der Waals surface area contributed by atoms with Crippen LogP contribution in [-0.4, -0.2) is 18.1 Å². The molecule has 0 radical (unpaired) electrons. The molecule has 5 nitrogen and oxygen atoms in total. The minimum atomic E-state index is -0.150. The van der Waals surface area contributed by atoms with Gasteiger partial charge in [-0.05, 0) is 42.0 Å². The highest BCUT2D eigenvalue weighted by Gasteiger charge is 2.21. The fraction of sp³-hybridized carbons (Fsp3) is 0.333. The van der Waals surface area contributed by atoms with Crippen LogP contribution in [-0.2, 0) is 13.0 Å². The average Bonchev–Trinajstić information content (AvgIpc) is 2.60. The van der Waals surface area contributed by atoms with Gasteiger partial charge < -0.3 is 15.4 Å². The highest BCUT2D eigenvalue weighted by Crippen LogP contribution is 2.29. The van der Waals surface area contributed by atoms with E-state index in [0.29, 0.717) is 12.4 Å². The van der Waals surface area contributed by atoms with E-state index in [4.69, 9.17) is 4.74 Å². The number of benzene rings is 1. The number of pyridine rings is 1. The molecule has 2 N–H and O–H groups in total. The quantitative estimate of drug-likeness (QED) is 0.912. The first-order chi connectivity index (χ1) is 11.3. The zero-order valence-electron chi connectivity index (χ0n) is 13.2. The minimum Gasteiger partial charge on any atom is -0.481 e. The van der Waals surface area contributed by atoms with Gasteiger partial charge in [-0.25, -0.2) is 9.78 Å². The molecular weight excluding hydrogens is 290 g/mol. The van der Waals surface area contributed by atoms with Gasteiger partial charge in [-0.1, -0.05) is 24.3 Å². The van der Waals surface area contributed by atoms with Crippen LogP contribution in [0.25, 0.3) is 0 Å². The van der Waals surface area contributed by atoms with Gasteiger partial charge in [0.25, 0.3) is 0 Å². The molecule has 0 spiro atoms. The predicted molar refractivity (Wildman–Crippen MR) is 88.3 cm³/mol. The van der Waals surface area contributed by atoms with Gasteiger partial charge in [0.2, 0.25) is 5.88 Å². The Bertz CT molecular complexity index is 687. The van der Waals surface area contributed by atoms with Crippen LogP contribution in [0.2, 0.25) is 0 Å². The summed E-state index contributed by atoms with van der Waals surface area (Å²) in [5, 5.41) is 5.97. The molecule has 1 atom stereocenters. The lowest BCUT2D eigenvalue weighted by molar-refractivity contribution is 0.235. The van der Waals surface area contributed by atoms with E-state index < -0.39 is 0 Å². The van der Waals surface area contributed by atoms with Crippen LogP contribution in [0.5, 0.6) is 5.88 Å². The van der Waals surface area contributed by atoms with E-state index in [0.717, 1.165) is 24.8 Å². The Morgan fingerprint density at radius 1 is 1.35 bits per heavy atom. The summed E-state index contributed by atoms with van der Waals surface area (Å²) in [7, 11) is 1.58. The Morgan fingerprint density at radius 3 is 3.09 bits per heavy atom. The lowest BCUT2D eigenvalue weighted by Gasteiger charge is -2.26. The first-order valence-corrected chi connectivity index (χ1v) is 7.87. The molecule has 2 amide bonds. The van der Waals surface area contributed by atoms with Crippen LogP contribution in [0.1, 0.15) is 35.6 Å². The van der Waals surface area contributed by atoms with Crippen molar-refractivity contribution in [1.82, 2.24) is 15.6 Å². The maximum absolute atomic E-state index is 12.2. The summed E-state index contributed by atoms with van der Waals surface area (Å²) in [5.41, 5.74) is 3.53. The van der Waals surface area contributed by atoms with Gasteiger partial charge in [-0.3, -0.25) is 0 Å². The summed E-state index contributed by atoms with van der Waals surface area (Å²) in [5.74, 6) is 0.547. The van der Waals surface area contributed by atoms with Crippen LogP contribution in [0.15, 0.2) is 42.6 Å². The Kier molecular flexibility index (Phi) is 4.76. The Morgan fingerprint density at radius 2 is 2.22 bits per heavy atom. The molecule has 0 bridgehead atoms. The second kappa shape index (κ2) is 7.13. The van der Waals surface area contributed by atoms with Crippen LogP contribution in [0, 0.1) is 0 Å². The van der Waals surface area contributed by atoms with Crippen molar-refractivity contribution in [3.05, 3.63) is 59.3 Å². The van der Waals surface area contributed by atoms with Crippen molar-refractivity contribution in [2.24, 2.45) is 0 Å². The molecule has 5 heteroatoms. The van der Waals surface area contributed by atoms with Crippen molar-refractivity contribution in [1.29, 1.82) is 0 Å². The van der Waals surface area contributed by atoms with Crippen LogP contribution < -0.4 is 15.4 Å². The maximum atomic E-state index is 12.2. The summed E-state index contributed by atoms with van der Waals surface area (Å²) in [4.78, 5) is 16.2. The van der Waals surface area contributed by atoms with E-state index in [2.05, 4.69) is 33.8 Å². The molecule has 1 aromatic heterocycles. The summed E-state index contributed by atoms with van der Waals surface area (Å²) >= 11 is 0. The van der Waals surface area contributed by atoms with Crippen LogP contribution in [0.3, 0.4) is 0 Å². The highest BCUT2D eigenvalue weighted by molar-refractivity contribution is 5.74. The van der Waals surface area contributed by atoms with Gasteiger partial charge >= 0.3 is 6.03 Å². The number of rotatable bonds is 4. The molecule has 3 rings (SSSR count). The number of methoxy groups -OCH3 is 1. The van der Waals surface area contributed by atoms with E-state index in [1.54, 1.807) is 13.3 Å². The van der Waals surface area contributed by atoms with E-state index in [1.165, 1.54) is 11.1 Å². The van der Waals surface area contributed by atoms with Gasteiger partial charge in [0.15, 0.2) is 0 Å². The second-order valence-electron chi connectivity index (χ2n) is 5.68. The third-order valence-corrected chi connectivity index (χ3v) is 4.14. The first-order valence-electron chi connectivity index (χ1n) is 7.87. The normalized spacial score (nSPS) is 16.3. The van der Waals surface area contributed by atoms with Crippen molar-refractivity contribution in [2.45, 2.75) is 31.8 Å². The zero-order valence-corrected chi connectivity index (χ0v) is 13.2. The van der Waals surface area contributed by atoms with Crippen LogP contribution in [0.4, 0.5) is 4.79 Å². The van der Waals surface area contributed by atoms with Gasteiger partial charge in [-0.2, -0.15) is 0 Å². The molecule has 1 aliphatic rings. The number of fused-ring (bicyclic) bond motifs is 1. The molecule has 1 aliphatic carbocycles. The highest BCUT2D eigenvalue weighted by atomic mass is 16.5. The predicted octanol–water partition coefficient (Wildman–Crippen LogP) is 2.97. The summed E-state index contributed by atoms with van der Waals surface area (Å²) in [6.07, 6.45) is 4.84. The monoisotopic (exact) mass is 311 g/mol. The molecule has 1 unspecified atom stereocenters.